The number of thioether (sulfide) groups is 1. The van der Waals surface area contributed by atoms with Crippen LogP contribution in [0.5, 0.6) is 0 Å². The molecule has 1 aromatic heterocycles. The van der Waals surface area contributed by atoms with Gasteiger partial charge in [-0.3, -0.25) is 4.79 Å². The minimum atomic E-state index is 0.166. The first-order chi connectivity index (χ1) is 9.08. The number of likely N-dealkylation sites (tertiary alicyclic amines) is 1. The van der Waals surface area contributed by atoms with Crippen LogP contribution in [-0.4, -0.2) is 39.8 Å². The van der Waals surface area contributed by atoms with Gasteiger partial charge in [0.1, 0.15) is 0 Å². The molecular weight excluding hydrogens is 262 g/mol. The van der Waals surface area contributed by atoms with Gasteiger partial charge in [0.15, 0.2) is 0 Å². The van der Waals surface area contributed by atoms with Crippen molar-refractivity contribution in [2.45, 2.75) is 38.8 Å². The highest BCUT2D eigenvalue weighted by Gasteiger charge is 2.25. The largest absolute Gasteiger partial charge is 0.416 e. The van der Waals surface area contributed by atoms with Crippen LogP contribution in [0.15, 0.2) is 9.64 Å². The number of amides is 1. The molecule has 1 saturated heterocycles. The van der Waals surface area contributed by atoms with Gasteiger partial charge in [-0.15, -0.1) is 10.2 Å². The third-order valence-corrected chi connectivity index (χ3v) is 4.09. The summed E-state index contributed by atoms with van der Waals surface area (Å²) in [6.45, 7) is 8.11. The van der Waals surface area contributed by atoms with Gasteiger partial charge in [-0.05, 0) is 18.3 Å². The summed E-state index contributed by atoms with van der Waals surface area (Å²) in [7, 11) is 0. The topological polar surface area (TPSA) is 59.2 Å². The fraction of sp³-hybridized carbons (Fsp3) is 0.769. The number of aromatic nitrogens is 2. The molecule has 2 atom stereocenters. The Kier molecular flexibility index (Phi) is 4.85. The molecule has 1 fully saturated rings. The molecule has 0 N–H and O–H groups in total. The van der Waals surface area contributed by atoms with Crippen molar-refractivity contribution in [3.8, 4) is 0 Å². The van der Waals surface area contributed by atoms with Gasteiger partial charge >= 0.3 is 0 Å². The van der Waals surface area contributed by atoms with E-state index in [0.29, 0.717) is 28.7 Å². The first kappa shape index (κ1) is 14.4. The summed E-state index contributed by atoms with van der Waals surface area (Å²) < 4.78 is 5.38. The summed E-state index contributed by atoms with van der Waals surface area (Å²) in [5.41, 5.74) is 0. The number of aryl methyl sites for hydroxylation is 1. The third-order valence-electron chi connectivity index (χ3n) is 3.29. The van der Waals surface area contributed by atoms with Crippen molar-refractivity contribution in [2.24, 2.45) is 11.8 Å². The lowest BCUT2D eigenvalue weighted by Crippen LogP contribution is -2.43. The van der Waals surface area contributed by atoms with E-state index in [1.807, 2.05) is 11.8 Å². The number of carbonyl (C=O) groups is 1. The van der Waals surface area contributed by atoms with Crippen molar-refractivity contribution >= 4 is 17.7 Å². The van der Waals surface area contributed by atoms with Crippen molar-refractivity contribution < 1.29 is 9.21 Å². The summed E-state index contributed by atoms with van der Waals surface area (Å²) >= 11 is 1.33. The molecule has 1 aliphatic rings. The average Bonchev–Trinajstić information content (AvgIpc) is 2.82. The second-order valence-electron chi connectivity index (χ2n) is 5.35. The molecule has 5 nitrogen and oxygen atoms in total. The second kappa shape index (κ2) is 6.41. The van der Waals surface area contributed by atoms with Gasteiger partial charge in [0.05, 0.1) is 5.75 Å². The summed E-state index contributed by atoms with van der Waals surface area (Å²) in [6.07, 6.45) is 1.93. The van der Waals surface area contributed by atoms with Crippen molar-refractivity contribution in [3.05, 3.63) is 5.89 Å². The van der Waals surface area contributed by atoms with Gasteiger partial charge in [-0.1, -0.05) is 32.5 Å². The minimum absolute atomic E-state index is 0.166. The Morgan fingerprint density at radius 3 is 2.63 bits per heavy atom. The highest BCUT2D eigenvalue weighted by molar-refractivity contribution is 7.99. The molecule has 0 radical (unpaired) electrons. The number of piperidine rings is 1. The van der Waals surface area contributed by atoms with Crippen LogP contribution in [0, 0.1) is 11.8 Å². The molecule has 6 heteroatoms. The minimum Gasteiger partial charge on any atom is -0.416 e. The number of hydrogen-bond acceptors (Lipinski definition) is 5. The second-order valence-corrected chi connectivity index (χ2v) is 6.28. The van der Waals surface area contributed by atoms with E-state index in [0.717, 1.165) is 19.5 Å². The summed E-state index contributed by atoms with van der Waals surface area (Å²) in [6, 6.07) is 0. The molecule has 0 aliphatic carbocycles. The highest BCUT2D eigenvalue weighted by atomic mass is 32.2. The normalized spacial score (nSPS) is 23.6. The lowest BCUT2D eigenvalue weighted by atomic mass is 9.92. The molecule has 19 heavy (non-hydrogen) atoms. The van der Waals surface area contributed by atoms with Crippen molar-refractivity contribution in [2.75, 3.05) is 18.8 Å². The van der Waals surface area contributed by atoms with E-state index in [4.69, 9.17) is 4.42 Å². The fourth-order valence-electron chi connectivity index (χ4n) is 2.52. The third kappa shape index (κ3) is 3.96. The Labute approximate surface area is 118 Å². The lowest BCUT2D eigenvalue weighted by molar-refractivity contribution is -0.130. The van der Waals surface area contributed by atoms with Gasteiger partial charge in [0.2, 0.25) is 11.8 Å². The SMILES string of the molecule is CCc1nnc(SCC(=O)N2CC(C)CC(C)C2)o1. The maximum absolute atomic E-state index is 12.2. The Morgan fingerprint density at radius 1 is 1.37 bits per heavy atom. The smallest absolute Gasteiger partial charge is 0.277 e. The molecule has 1 amide bonds. The molecule has 2 heterocycles. The highest BCUT2D eigenvalue weighted by Crippen LogP contribution is 2.23. The van der Waals surface area contributed by atoms with Gasteiger partial charge in [0, 0.05) is 19.5 Å². The van der Waals surface area contributed by atoms with Crippen molar-refractivity contribution in [3.63, 3.8) is 0 Å². The number of hydrogen-bond donors (Lipinski definition) is 0. The molecule has 0 aromatic carbocycles. The quantitative estimate of drug-likeness (QED) is 0.793. The Balaban J connectivity index is 1.83. The first-order valence-corrected chi connectivity index (χ1v) is 7.80. The van der Waals surface area contributed by atoms with E-state index in [2.05, 4.69) is 24.0 Å². The Morgan fingerprint density at radius 2 is 2.05 bits per heavy atom. The monoisotopic (exact) mass is 283 g/mol. The fourth-order valence-corrected chi connectivity index (χ4v) is 3.20. The molecule has 1 aromatic rings. The van der Waals surface area contributed by atoms with Crippen LogP contribution in [0.1, 0.15) is 33.1 Å². The predicted molar refractivity (Wildman–Crippen MR) is 73.9 cm³/mol. The molecule has 1 aliphatic heterocycles. The molecule has 0 spiro atoms. The molecule has 106 valence electrons. The van der Waals surface area contributed by atoms with Gasteiger partial charge in [0.25, 0.3) is 5.22 Å². The van der Waals surface area contributed by atoms with Gasteiger partial charge in [-0.25, -0.2) is 0 Å². The average molecular weight is 283 g/mol. The van der Waals surface area contributed by atoms with Crippen molar-refractivity contribution in [1.82, 2.24) is 15.1 Å². The summed E-state index contributed by atoms with van der Waals surface area (Å²) in [4.78, 5) is 14.1. The first-order valence-electron chi connectivity index (χ1n) is 6.81. The standard InChI is InChI=1S/C13H21N3O2S/c1-4-11-14-15-13(18-11)19-8-12(17)16-6-9(2)5-10(3)7-16/h9-10H,4-8H2,1-3H3. The molecule has 0 bridgehead atoms. The zero-order chi connectivity index (χ0) is 13.8. The van der Waals surface area contributed by atoms with Crippen LogP contribution in [0.3, 0.4) is 0 Å². The van der Waals surface area contributed by atoms with E-state index in [9.17, 15) is 4.79 Å². The zero-order valence-corrected chi connectivity index (χ0v) is 12.6. The van der Waals surface area contributed by atoms with E-state index in [1.54, 1.807) is 0 Å². The zero-order valence-electron chi connectivity index (χ0n) is 11.8. The van der Waals surface area contributed by atoms with E-state index in [-0.39, 0.29) is 5.91 Å². The van der Waals surface area contributed by atoms with Crippen LogP contribution in [0.25, 0.3) is 0 Å². The molecular formula is C13H21N3O2S. The Hall–Kier alpha value is -1.04. The van der Waals surface area contributed by atoms with Crippen LogP contribution < -0.4 is 0 Å². The number of rotatable bonds is 4. The maximum atomic E-state index is 12.2. The van der Waals surface area contributed by atoms with E-state index >= 15 is 0 Å². The molecule has 0 saturated carbocycles. The maximum Gasteiger partial charge on any atom is 0.277 e. The van der Waals surface area contributed by atoms with Gasteiger partial charge < -0.3 is 9.32 Å². The van der Waals surface area contributed by atoms with Crippen LogP contribution >= 0.6 is 11.8 Å². The van der Waals surface area contributed by atoms with E-state index < -0.39 is 0 Å². The van der Waals surface area contributed by atoms with Crippen LogP contribution in [-0.2, 0) is 11.2 Å². The Bertz CT molecular complexity index is 425. The number of nitrogens with zero attached hydrogens (tertiary/aromatic N) is 3. The lowest BCUT2D eigenvalue weighted by Gasteiger charge is -2.34. The summed E-state index contributed by atoms with van der Waals surface area (Å²) in [5.74, 6) is 2.35. The van der Waals surface area contributed by atoms with Gasteiger partial charge in [-0.2, -0.15) is 0 Å². The molecule has 2 unspecified atom stereocenters. The van der Waals surface area contributed by atoms with Crippen molar-refractivity contribution in [1.29, 1.82) is 0 Å². The number of carbonyl (C=O) groups excluding carboxylic acids is 1. The predicted octanol–water partition coefficient (Wildman–Crippen LogP) is 2.23. The molecule has 2 rings (SSSR count). The van der Waals surface area contributed by atoms with E-state index in [1.165, 1.54) is 18.2 Å². The van der Waals surface area contributed by atoms with Crippen LogP contribution in [0.2, 0.25) is 0 Å². The summed E-state index contributed by atoms with van der Waals surface area (Å²) in [5, 5.41) is 8.29. The van der Waals surface area contributed by atoms with Crippen LogP contribution in [0.4, 0.5) is 0 Å².